The zero-order valence-corrected chi connectivity index (χ0v) is 6.57. The minimum Gasteiger partial charge on any atom is -0.541 e. The van der Waals surface area contributed by atoms with Gasteiger partial charge in [-0.05, 0) is 6.92 Å². The van der Waals surface area contributed by atoms with Gasteiger partial charge in [0.2, 0.25) is 6.33 Å². The van der Waals surface area contributed by atoms with Gasteiger partial charge in [-0.15, -0.1) is 0 Å². The van der Waals surface area contributed by atoms with Crippen LogP contribution in [0.25, 0.3) is 0 Å². The molecule has 0 spiro atoms. The van der Waals surface area contributed by atoms with Crippen molar-refractivity contribution < 1.29 is 14.5 Å². The van der Waals surface area contributed by atoms with E-state index in [1.165, 1.54) is 4.57 Å². The summed E-state index contributed by atoms with van der Waals surface area (Å²) in [6.45, 7) is 2.71. The number of hydrogen-bond acceptors (Lipinski definition) is 2. The highest BCUT2D eigenvalue weighted by Gasteiger charge is 2.08. The number of aromatic carboxylic acids is 1. The van der Waals surface area contributed by atoms with Gasteiger partial charge in [-0.1, -0.05) is 0 Å². The summed E-state index contributed by atoms with van der Waals surface area (Å²) in [6.07, 6.45) is 3.26. The molecule has 0 radical (unpaired) electrons. The van der Waals surface area contributed by atoms with Crippen LogP contribution in [0.15, 0.2) is 12.5 Å². The third-order valence-corrected chi connectivity index (χ3v) is 1.56. The Kier molecular flexibility index (Phi) is 1.94. The van der Waals surface area contributed by atoms with E-state index >= 15 is 0 Å². The molecule has 4 heteroatoms. The maximum absolute atomic E-state index is 10.4. The number of carbonyl (C=O) groups excluding carboxylic acids is 1. The van der Waals surface area contributed by atoms with Gasteiger partial charge in [0.25, 0.3) is 0 Å². The molecule has 0 saturated heterocycles. The Morgan fingerprint density at radius 2 is 2.45 bits per heavy atom. The number of carboxylic acid groups (broad SMARTS) is 1. The second kappa shape index (κ2) is 2.74. The zero-order chi connectivity index (χ0) is 8.43. The molecule has 0 fully saturated rings. The summed E-state index contributed by atoms with van der Waals surface area (Å²) in [7, 11) is 1.68. The molecule has 0 unspecified atom stereocenters. The van der Waals surface area contributed by atoms with E-state index in [0.29, 0.717) is 0 Å². The average Bonchev–Trinajstić information content (AvgIpc) is 2.30. The number of hydrogen-bond donors (Lipinski definition) is 0. The smallest absolute Gasteiger partial charge is 0.244 e. The molecule has 0 aliphatic rings. The molecule has 1 aromatic heterocycles. The monoisotopic (exact) mass is 154 g/mol. The Morgan fingerprint density at radius 3 is 2.73 bits per heavy atom. The minimum absolute atomic E-state index is 0.201. The Labute approximate surface area is 64.7 Å². The lowest BCUT2D eigenvalue weighted by Crippen LogP contribution is -2.29. The molecule has 1 rings (SSSR count). The predicted molar refractivity (Wildman–Crippen MR) is 35.6 cm³/mol. The normalized spacial score (nSPS) is 10.0. The highest BCUT2D eigenvalue weighted by molar-refractivity contribution is 5.82. The van der Waals surface area contributed by atoms with E-state index in [1.807, 2.05) is 6.92 Å². The number of imidazole rings is 1. The van der Waals surface area contributed by atoms with E-state index in [1.54, 1.807) is 24.1 Å². The van der Waals surface area contributed by atoms with Gasteiger partial charge in [-0.3, -0.25) is 0 Å². The van der Waals surface area contributed by atoms with E-state index in [0.717, 1.165) is 6.54 Å². The van der Waals surface area contributed by atoms with Crippen molar-refractivity contribution in [1.29, 1.82) is 0 Å². The van der Waals surface area contributed by atoms with Crippen molar-refractivity contribution in [3.05, 3.63) is 18.2 Å². The third-order valence-electron chi connectivity index (χ3n) is 1.56. The third kappa shape index (κ3) is 1.39. The average molecular weight is 154 g/mol. The van der Waals surface area contributed by atoms with E-state index in [-0.39, 0.29) is 5.69 Å². The SMILES string of the molecule is CC[n+]1cc(C(=O)[O-])n(C)c1. The Hall–Kier alpha value is -1.32. The van der Waals surface area contributed by atoms with Crippen molar-refractivity contribution in [3.8, 4) is 0 Å². The molecule has 4 nitrogen and oxygen atoms in total. The number of aromatic nitrogens is 2. The lowest BCUT2D eigenvalue weighted by molar-refractivity contribution is -0.693. The molecular formula is C7H10N2O2. The van der Waals surface area contributed by atoms with Crippen LogP contribution in [0.4, 0.5) is 0 Å². The van der Waals surface area contributed by atoms with Crippen molar-refractivity contribution in [2.75, 3.05) is 0 Å². The van der Waals surface area contributed by atoms with E-state index < -0.39 is 5.97 Å². The van der Waals surface area contributed by atoms with Gasteiger partial charge in [0.1, 0.15) is 12.2 Å². The van der Waals surface area contributed by atoms with Crippen molar-refractivity contribution in [1.82, 2.24) is 4.57 Å². The fourth-order valence-corrected chi connectivity index (χ4v) is 0.936. The molecule has 11 heavy (non-hydrogen) atoms. The largest absolute Gasteiger partial charge is 0.541 e. The van der Waals surface area contributed by atoms with Crippen LogP contribution >= 0.6 is 0 Å². The van der Waals surface area contributed by atoms with Gasteiger partial charge in [0, 0.05) is 0 Å². The number of carbonyl (C=O) groups is 1. The molecule has 0 aliphatic heterocycles. The lowest BCUT2D eigenvalue weighted by atomic mass is 10.5. The molecule has 0 bridgehead atoms. The summed E-state index contributed by atoms with van der Waals surface area (Å²) < 4.78 is 3.31. The summed E-state index contributed by atoms with van der Waals surface area (Å²) in [4.78, 5) is 10.4. The van der Waals surface area contributed by atoms with Crippen LogP contribution in [-0.4, -0.2) is 10.5 Å². The molecular weight excluding hydrogens is 144 g/mol. The van der Waals surface area contributed by atoms with Gasteiger partial charge >= 0.3 is 0 Å². The summed E-state index contributed by atoms with van der Waals surface area (Å²) in [5.41, 5.74) is 0.201. The van der Waals surface area contributed by atoms with Crippen LogP contribution < -0.4 is 9.67 Å². The van der Waals surface area contributed by atoms with Crippen molar-refractivity contribution in [2.24, 2.45) is 7.05 Å². The molecule has 1 aromatic rings. The first-order chi connectivity index (χ1) is 5.15. The second-order valence-electron chi connectivity index (χ2n) is 2.36. The van der Waals surface area contributed by atoms with Gasteiger partial charge in [-0.25, -0.2) is 9.13 Å². The number of carboxylic acids is 1. The van der Waals surface area contributed by atoms with E-state index in [4.69, 9.17) is 0 Å². The number of nitrogens with zero attached hydrogens (tertiary/aromatic N) is 2. The number of rotatable bonds is 2. The van der Waals surface area contributed by atoms with Gasteiger partial charge < -0.3 is 9.90 Å². The van der Waals surface area contributed by atoms with Gasteiger partial charge in [0.15, 0.2) is 5.69 Å². The van der Waals surface area contributed by atoms with E-state index in [2.05, 4.69) is 0 Å². The Bertz CT molecular complexity index is 278. The Morgan fingerprint density at radius 1 is 1.82 bits per heavy atom. The predicted octanol–water partition coefficient (Wildman–Crippen LogP) is -1.30. The van der Waals surface area contributed by atoms with Crippen LogP contribution in [-0.2, 0) is 13.6 Å². The second-order valence-corrected chi connectivity index (χ2v) is 2.36. The van der Waals surface area contributed by atoms with Crippen LogP contribution in [0.5, 0.6) is 0 Å². The molecule has 0 saturated carbocycles. The summed E-state index contributed by atoms with van der Waals surface area (Å²) in [6, 6.07) is 0. The fraction of sp³-hybridized carbons (Fsp3) is 0.429. The molecule has 0 N–H and O–H groups in total. The Balaban J connectivity index is 3.07. The summed E-state index contributed by atoms with van der Waals surface area (Å²) in [5, 5.41) is 10.4. The highest BCUT2D eigenvalue weighted by atomic mass is 16.4. The minimum atomic E-state index is -1.14. The zero-order valence-electron chi connectivity index (χ0n) is 6.57. The number of aryl methyl sites for hydroxylation is 2. The van der Waals surface area contributed by atoms with Crippen molar-refractivity contribution in [3.63, 3.8) is 0 Å². The van der Waals surface area contributed by atoms with Gasteiger partial charge in [0.05, 0.1) is 13.6 Å². The maximum atomic E-state index is 10.4. The van der Waals surface area contributed by atoms with Crippen molar-refractivity contribution >= 4 is 5.97 Å². The summed E-state index contributed by atoms with van der Waals surface area (Å²) >= 11 is 0. The fourth-order valence-electron chi connectivity index (χ4n) is 0.936. The van der Waals surface area contributed by atoms with Crippen LogP contribution in [0.3, 0.4) is 0 Å². The molecule has 0 aliphatic carbocycles. The van der Waals surface area contributed by atoms with Crippen LogP contribution in [0.1, 0.15) is 17.4 Å². The lowest BCUT2D eigenvalue weighted by Gasteiger charge is -1.93. The maximum Gasteiger partial charge on any atom is 0.244 e. The first-order valence-corrected chi connectivity index (χ1v) is 3.42. The first kappa shape index (κ1) is 7.78. The highest BCUT2D eigenvalue weighted by Crippen LogP contribution is 1.91. The molecule has 1 heterocycles. The molecule has 0 atom stereocenters. The quantitative estimate of drug-likeness (QED) is 0.497. The van der Waals surface area contributed by atoms with E-state index in [9.17, 15) is 9.90 Å². The standard InChI is InChI=1S/C7H10N2O2/c1-3-9-4-6(7(10)11)8(2)5-9/h4-5H,3H2,1-2H3. The summed E-state index contributed by atoms with van der Waals surface area (Å²) in [5.74, 6) is -1.14. The van der Waals surface area contributed by atoms with Crippen LogP contribution in [0, 0.1) is 0 Å². The van der Waals surface area contributed by atoms with Crippen LogP contribution in [0.2, 0.25) is 0 Å². The van der Waals surface area contributed by atoms with Crippen molar-refractivity contribution in [2.45, 2.75) is 13.5 Å². The molecule has 0 aromatic carbocycles. The molecule has 60 valence electrons. The molecule has 0 amide bonds. The van der Waals surface area contributed by atoms with Gasteiger partial charge in [-0.2, -0.15) is 0 Å². The first-order valence-electron chi connectivity index (χ1n) is 3.42. The topological polar surface area (TPSA) is 48.9 Å².